The summed E-state index contributed by atoms with van der Waals surface area (Å²) in [6.07, 6.45) is 3.31. The average molecular weight is 485 g/mol. The number of aromatic nitrogens is 1. The Bertz CT molecular complexity index is 1260. The van der Waals surface area contributed by atoms with Crippen LogP contribution >= 0.6 is 10.6 Å². The van der Waals surface area contributed by atoms with Crippen LogP contribution in [0.15, 0.2) is 42.6 Å². The van der Waals surface area contributed by atoms with Crippen LogP contribution in [0.4, 0.5) is 15.8 Å². The van der Waals surface area contributed by atoms with Crippen LogP contribution in [0.25, 0.3) is 10.9 Å². The van der Waals surface area contributed by atoms with E-state index in [1.54, 1.807) is 6.07 Å². The van der Waals surface area contributed by atoms with Gasteiger partial charge in [-0.3, -0.25) is 18.9 Å². The summed E-state index contributed by atoms with van der Waals surface area (Å²) in [5.41, 5.74) is 4.33. The van der Waals surface area contributed by atoms with E-state index in [2.05, 4.69) is 22.4 Å². The molecule has 3 aromatic rings. The van der Waals surface area contributed by atoms with Crippen molar-refractivity contribution in [3.05, 3.63) is 65.1 Å². The Kier molecular flexibility index (Phi) is 5.87. The van der Waals surface area contributed by atoms with E-state index >= 15 is 4.39 Å². The minimum absolute atomic E-state index is 0.0498. The van der Waals surface area contributed by atoms with E-state index in [0.29, 0.717) is 40.9 Å². The molecule has 180 valence electrons. The number of benzene rings is 2. The van der Waals surface area contributed by atoms with E-state index < -0.39 is 16.4 Å². The Labute approximate surface area is 199 Å². The third-order valence-corrected chi connectivity index (χ3v) is 8.43. The van der Waals surface area contributed by atoms with Crippen molar-refractivity contribution >= 4 is 38.8 Å². The molecule has 9 heteroatoms. The lowest BCUT2D eigenvalue weighted by Gasteiger charge is -2.42. The molecule has 1 aliphatic heterocycles. The van der Waals surface area contributed by atoms with Gasteiger partial charge in [-0.25, -0.2) is 4.39 Å². The molecule has 5 rings (SSSR count). The largest absolute Gasteiger partial charge is 0.376 e. The topological polar surface area (TPSA) is 88.9 Å². The summed E-state index contributed by atoms with van der Waals surface area (Å²) < 4.78 is 34.9. The number of hydrogen-bond acceptors (Lipinski definition) is 6. The van der Waals surface area contributed by atoms with Gasteiger partial charge < -0.3 is 15.1 Å². The fourth-order valence-electron chi connectivity index (χ4n) is 5.05. The number of nitrogens with one attached hydrogen (secondary N) is 1. The lowest BCUT2D eigenvalue weighted by Crippen LogP contribution is -2.39. The summed E-state index contributed by atoms with van der Waals surface area (Å²) in [7, 11) is 1.11. The number of hydrogen-bond donors (Lipinski definition) is 3. The van der Waals surface area contributed by atoms with Crippen molar-refractivity contribution in [1.29, 1.82) is 0 Å². The molecule has 1 aromatic heterocycles. The van der Waals surface area contributed by atoms with Gasteiger partial charge in [0.2, 0.25) is 0 Å². The molecule has 0 unspecified atom stereocenters. The van der Waals surface area contributed by atoms with E-state index in [9.17, 15) is 13.9 Å². The molecule has 1 fully saturated rings. The Morgan fingerprint density at radius 3 is 2.65 bits per heavy atom. The summed E-state index contributed by atoms with van der Waals surface area (Å²) in [5.74, 6) is -0.222. The molecule has 1 amide bonds. The van der Waals surface area contributed by atoms with Crippen LogP contribution in [0, 0.1) is 5.82 Å². The number of halogens is 1. The molecule has 0 spiro atoms. The second kappa shape index (κ2) is 8.72. The van der Waals surface area contributed by atoms with Gasteiger partial charge in [0.25, 0.3) is 5.91 Å². The molecule has 1 aliphatic carbocycles. The lowest BCUT2D eigenvalue weighted by atomic mass is 10.0. The maximum Gasteiger partial charge on any atom is 0.255 e. The summed E-state index contributed by atoms with van der Waals surface area (Å²) in [5, 5.41) is 3.85. The molecule has 2 heterocycles. The van der Waals surface area contributed by atoms with Gasteiger partial charge in [-0.15, -0.1) is 0 Å². The Hall–Kier alpha value is -2.88. The maximum atomic E-state index is 15.0. The van der Waals surface area contributed by atoms with Gasteiger partial charge in [0.1, 0.15) is 5.82 Å². The van der Waals surface area contributed by atoms with Crippen molar-refractivity contribution < 1.29 is 18.3 Å². The van der Waals surface area contributed by atoms with Gasteiger partial charge in [-0.05, 0) is 36.1 Å². The molecule has 1 saturated heterocycles. The number of carbonyl (C=O) groups excluding carboxylic acids is 1. The molecule has 2 aliphatic rings. The van der Waals surface area contributed by atoms with Crippen molar-refractivity contribution in [3.63, 3.8) is 0 Å². The Morgan fingerprint density at radius 1 is 1.18 bits per heavy atom. The van der Waals surface area contributed by atoms with E-state index in [-0.39, 0.29) is 23.5 Å². The van der Waals surface area contributed by atoms with E-state index in [0.717, 1.165) is 18.4 Å². The van der Waals surface area contributed by atoms with E-state index in [1.807, 2.05) is 36.0 Å². The number of aryl methyl sites for hydroxylation is 1. The van der Waals surface area contributed by atoms with Gasteiger partial charge in [-0.2, -0.15) is 10.6 Å². The lowest BCUT2D eigenvalue weighted by molar-refractivity contribution is 0.0937. The van der Waals surface area contributed by atoms with Crippen LogP contribution in [0.1, 0.15) is 33.9 Å². The molecule has 34 heavy (non-hydrogen) atoms. The number of fused-ring (bicyclic) bond motifs is 2. The van der Waals surface area contributed by atoms with Gasteiger partial charge in [0, 0.05) is 38.8 Å². The standard InChI is InChI=1S/C25H29FN4O3S/c1-29(2)23-18-8-9-20(26)24(30-11-13-34(32,33)14-12-30)22(18)27-15-19(23)25(31)28-21-10-7-16-5-3-4-6-17(16)21/h3-6,8-9,15,21,32-33H,7,10-14H2,1-2H3,(H,28,31)/t21-/m0/s1. The highest BCUT2D eigenvalue weighted by Crippen LogP contribution is 2.43. The molecular weight excluding hydrogens is 455 g/mol. The SMILES string of the molecule is CN(C)c1c(C(=O)N[C@H]2CCc3ccccc32)cnc2c(N3CCS(O)(O)CC3)c(F)ccc12. The van der Waals surface area contributed by atoms with E-state index in [1.165, 1.54) is 17.8 Å². The number of nitrogens with zero attached hydrogens (tertiary/aromatic N) is 3. The van der Waals surface area contributed by atoms with Crippen LogP contribution < -0.4 is 15.1 Å². The van der Waals surface area contributed by atoms with E-state index in [4.69, 9.17) is 0 Å². The van der Waals surface area contributed by atoms with Crippen molar-refractivity contribution in [1.82, 2.24) is 10.3 Å². The highest BCUT2D eigenvalue weighted by atomic mass is 32.3. The van der Waals surface area contributed by atoms with Crippen LogP contribution in [-0.4, -0.2) is 58.7 Å². The van der Waals surface area contributed by atoms with Crippen LogP contribution in [0.3, 0.4) is 0 Å². The first kappa shape index (κ1) is 22.9. The van der Waals surface area contributed by atoms with Gasteiger partial charge >= 0.3 is 0 Å². The van der Waals surface area contributed by atoms with Crippen molar-refractivity contribution in [3.8, 4) is 0 Å². The fourth-order valence-corrected chi connectivity index (χ4v) is 6.28. The molecule has 0 radical (unpaired) electrons. The Morgan fingerprint density at radius 2 is 1.91 bits per heavy atom. The fraction of sp³-hybridized carbons (Fsp3) is 0.360. The van der Waals surface area contributed by atoms with Crippen LogP contribution in [0.5, 0.6) is 0 Å². The Balaban J connectivity index is 1.52. The molecule has 2 aromatic carbocycles. The summed E-state index contributed by atoms with van der Waals surface area (Å²) in [6, 6.07) is 11.2. The first-order chi connectivity index (χ1) is 16.2. The zero-order chi connectivity index (χ0) is 24.0. The average Bonchev–Trinajstić information content (AvgIpc) is 3.21. The molecule has 1 atom stereocenters. The zero-order valence-electron chi connectivity index (χ0n) is 19.3. The normalized spacial score (nSPS) is 20.1. The first-order valence-corrected chi connectivity index (χ1v) is 13.3. The number of pyridine rings is 1. The number of anilines is 2. The van der Waals surface area contributed by atoms with Gasteiger partial charge in [-0.1, -0.05) is 24.3 Å². The van der Waals surface area contributed by atoms with Gasteiger partial charge in [0.15, 0.2) is 0 Å². The highest BCUT2D eigenvalue weighted by Gasteiger charge is 2.29. The monoisotopic (exact) mass is 484 g/mol. The molecule has 0 bridgehead atoms. The second-order valence-electron chi connectivity index (χ2n) is 9.17. The predicted molar refractivity (Wildman–Crippen MR) is 136 cm³/mol. The van der Waals surface area contributed by atoms with Crippen molar-refractivity contribution in [2.45, 2.75) is 18.9 Å². The maximum absolute atomic E-state index is 15.0. The summed E-state index contributed by atoms with van der Waals surface area (Å²) in [4.78, 5) is 21.6. The molecule has 7 nitrogen and oxygen atoms in total. The van der Waals surface area contributed by atoms with Crippen LogP contribution in [0.2, 0.25) is 0 Å². The predicted octanol–water partition coefficient (Wildman–Crippen LogP) is 4.43. The quantitative estimate of drug-likeness (QED) is 0.508. The van der Waals surface area contributed by atoms with Gasteiger partial charge in [0.05, 0.1) is 40.0 Å². The third kappa shape index (κ3) is 4.08. The highest BCUT2D eigenvalue weighted by molar-refractivity contribution is 8.24. The summed E-state index contributed by atoms with van der Waals surface area (Å²) >= 11 is 0. The smallest absolute Gasteiger partial charge is 0.255 e. The first-order valence-electron chi connectivity index (χ1n) is 11.4. The van der Waals surface area contributed by atoms with Crippen molar-refractivity contribution in [2.75, 3.05) is 48.5 Å². The minimum Gasteiger partial charge on any atom is -0.376 e. The summed E-state index contributed by atoms with van der Waals surface area (Å²) in [6.45, 7) is 0.668. The number of carbonyl (C=O) groups is 1. The third-order valence-electron chi connectivity index (χ3n) is 6.76. The number of rotatable bonds is 4. The number of amides is 1. The molecule has 3 N–H and O–H groups in total. The minimum atomic E-state index is -2.61. The van der Waals surface area contributed by atoms with Crippen LogP contribution in [-0.2, 0) is 6.42 Å². The molecular formula is C25H29FN4O3S. The zero-order valence-corrected chi connectivity index (χ0v) is 20.1. The second-order valence-corrected chi connectivity index (χ2v) is 11.6. The molecule has 0 saturated carbocycles. The van der Waals surface area contributed by atoms with Crippen molar-refractivity contribution in [2.24, 2.45) is 0 Å².